The molecule has 38 heavy (non-hydrogen) atoms. The van der Waals surface area contributed by atoms with Crippen LogP contribution in [0, 0.1) is 13.8 Å². The Morgan fingerprint density at radius 1 is 1.03 bits per heavy atom. The van der Waals surface area contributed by atoms with Crippen molar-refractivity contribution in [2.75, 3.05) is 7.11 Å². The molecule has 5 rings (SSSR count). The number of hydrogen-bond donors (Lipinski definition) is 0. The summed E-state index contributed by atoms with van der Waals surface area (Å²) in [5, 5.41) is 0. The number of rotatable bonds is 5. The van der Waals surface area contributed by atoms with Crippen LogP contribution in [0.5, 0.6) is 5.88 Å². The lowest BCUT2D eigenvalue weighted by atomic mass is 9.75. The van der Waals surface area contributed by atoms with Gasteiger partial charge in [0, 0.05) is 29.7 Å². The molecule has 0 aliphatic heterocycles. The topological polar surface area (TPSA) is 82.8 Å². The molecule has 1 aliphatic carbocycles. The minimum absolute atomic E-state index is 0.0497. The van der Waals surface area contributed by atoms with Gasteiger partial charge in [0.05, 0.1) is 30.6 Å². The molecule has 0 N–H and O–H groups in total. The fourth-order valence-electron chi connectivity index (χ4n) is 5.54. The van der Waals surface area contributed by atoms with E-state index in [9.17, 15) is 18.0 Å². The van der Waals surface area contributed by atoms with Crippen LogP contribution in [0.4, 0.5) is 13.2 Å². The van der Waals surface area contributed by atoms with Crippen LogP contribution in [0.2, 0.25) is 0 Å². The maximum Gasteiger partial charge on any atom is 0.418 e. The maximum absolute atomic E-state index is 13.8. The van der Waals surface area contributed by atoms with Crippen LogP contribution < -0.4 is 10.3 Å². The fourth-order valence-corrected chi connectivity index (χ4v) is 5.54. The number of pyridine rings is 3. The van der Waals surface area contributed by atoms with Crippen LogP contribution >= 0.6 is 0 Å². The zero-order chi connectivity index (χ0) is 27.0. The van der Waals surface area contributed by atoms with Crippen LogP contribution in [0.3, 0.4) is 0 Å². The minimum Gasteiger partial charge on any atom is -0.481 e. The number of ether oxygens (including phenoxy) is 1. The first-order valence-electron chi connectivity index (χ1n) is 12.5. The highest BCUT2D eigenvalue weighted by atomic mass is 19.4. The van der Waals surface area contributed by atoms with E-state index in [-0.39, 0.29) is 35.3 Å². The van der Waals surface area contributed by atoms with Crippen molar-refractivity contribution >= 4 is 11.2 Å². The third-order valence-corrected chi connectivity index (χ3v) is 7.39. The van der Waals surface area contributed by atoms with Gasteiger partial charge in [-0.3, -0.25) is 19.3 Å². The quantitative estimate of drug-likeness (QED) is 0.333. The van der Waals surface area contributed by atoms with Crippen LogP contribution in [-0.2, 0) is 12.7 Å². The van der Waals surface area contributed by atoms with E-state index in [1.54, 1.807) is 32.5 Å². The molecule has 7 nitrogen and oxygen atoms in total. The Morgan fingerprint density at radius 2 is 1.76 bits per heavy atom. The largest absolute Gasteiger partial charge is 0.481 e. The lowest BCUT2D eigenvalue weighted by molar-refractivity contribution is -0.138. The number of halogens is 3. The molecule has 4 aromatic heterocycles. The summed E-state index contributed by atoms with van der Waals surface area (Å²) in [5.74, 6) is 0.831. The van der Waals surface area contributed by atoms with Crippen molar-refractivity contribution < 1.29 is 17.9 Å². The molecule has 198 valence electrons. The van der Waals surface area contributed by atoms with Crippen LogP contribution in [0.25, 0.3) is 11.2 Å². The number of alkyl halides is 3. The number of fused-ring (bicyclic) bond motifs is 1. The first-order chi connectivity index (χ1) is 18.2. The zero-order valence-corrected chi connectivity index (χ0v) is 21.4. The zero-order valence-electron chi connectivity index (χ0n) is 21.4. The van der Waals surface area contributed by atoms with E-state index >= 15 is 0 Å². The molecule has 1 saturated carbocycles. The molecule has 0 unspecified atom stereocenters. The summed E-state index contributed by atoms with van der Waals surface area (Å²) >= 11 is 0. The van der Waals surface area contributed by atoms with Crippen LogP contribution in [0.1, 0.15) is 71.2 Å². The minimum atomic E-state index is -4.59. The standard InChI is InChI=1S/C28H28F3N5O2/c1-16-10-12-33-26(38-3)24(16)19-8-6-18(7-9-19)20-13-22-25(35-17(2)14-34-22)36(27(20)37)15-23-21(28(29,30)31)5-4-11-32-23/h4-5,10-14,18-19H,6-9,15H2,1-3H3. The highest BCUT2D eigenvalue weighted by Gasteiger charge is 2.34. The van der Waals surface area contributed by atoms with E-state index in [1.807, 2.05) is 13.0 Å². The molecule has 4 heterocycles. The van der Waals surface area contributed by atoms with Gasteiger partial charge >= 0.3 is 6.18 Å². The predicted octanol–water partition coefficient (Wildman–Crippen LogP) is 5.72. The predicted molar refractivity (Wildman–Crippen MR) is 136 cm³/mol. The Balaban J connectivity index is 1.52. The summed E-state index contributed by atoms with van der Waals surface area (Å²) in [4.78, 5) is 31.1. The molecule has 1 fully saturated rings. The Bertz CT molecular complexity index is 1540. The monoisotopic (exact) mass is 523 g/mol. The van der Waals surface area contributed by atoms with E-state index in [4.69, 9.17) is 4.74 Å². The van der Waals surface area contributed by atoms with Crippen LogP contribution in [-0.4, -0.2) is 31.6 Å². The van der Waals surface area contributed by atoms with Crippen molar-refractivity contribution in [1.82, 2.24) is 24.5 Å². The summed E-state index contributed by atoms with van der Waals surface area (Å²) in [7, 11) is 1.61. The smallest absolute Gasteiger partial charge is 0.418 e. The van der Waals surface area contributed by atoms with Crippen molar-refractivity contribution in [1.29, 1.82) is 0 Å². The molecule has 0 bridgehead atoms. The highest BCUT2D eigenvalue weighted by Crippen LogP contribution is 2.43. The molecule has 0 aromatic carbocycles. The molecular formula is C28H28F3N5O2. The van der Waals surface area contributed by atoms with Crippen molar-refractivity contribution in [2.24, 2.45) is 0 Å². The third-order valence-electron chi connectivity index (χ3n) is 7.39. The second-order valence-corrected chi connectivity index (χ2v) is 9.81. The normalized spacial score (nSPS) is 18.1. The van der Waals surface area contributed by atoms with E-state index in [2.05, 4.69) is 19.9 Å². The molecule has 0 atom stereocenters. The SMILES string of the molecule is COc1nccc(C)c1C1CCC(c2cc3ncc(C)nc3n(Cc3ncccc3C(F)(F)F)c2=O)CC1. The van der Waals surface area contributed by atoms with Gasteiger partial charge in [-0.2, -0.15) is 13.2 Å². The van der Waals surface area contributed by atoms with Crippen LogP contribution in [0.15, 0.2) is 47.7 Å². The average molecular weight is 524 g/mol. The van der Waals surface area contributed by atoms with Crippen molar-refractivity contribution in [3.8, 4) is 5.88 Å². The van der Waals surface area contributed by atoms with Gasteiger partial charge in [0.2, 0.25) is 5.88 Å². The summed E-state index contributed by atoms with van der Waals surface area (Å²) in [6.45, 7) is 3.42. The van der Waals surface area contributed by atoms with Gasteiger partial charge in [-0.1, -0.05) is 0 Å². The molecule has 0 spiro atoms. The molecule has 1 aliphatic rings. The summed E-state index contributed by atoms with van der Waals surface area (Å²) < 4.78 is 47.9. The van der Waals surface area contributed by atoms with Gasteiger partial charge in [-0.25, -0.2) is 9.97 Å². The maximum atomic E-state index is 13.8. The number of nitrogens with zero attached hydrogens (tertiary/aromatic N) is 5. The number of hydrogen-bond acceptors (Lipinski definition) is 6. The first kappa shape index (κ1) is 25.8. The second kappa shape index (κ2) is 10.2. The van der Waals surface area contributed by atoms with E-state index in [0.717, 1.165) is 42.9 Å². The number of aromatic nitrogens is 5. The Hall–Kier alpha value is -3.82. The van der Waals surface area contributed by atoms with Gasteiger partial charge in [-0.15, -0.1) is 0 Å². The highest BCUT2D eigenvalue weighted by molar-refractivity contribution is 5.71. The van der Waals surface area contributed by atoms with Crippen molar-refractivity contribution in [2.45, 2.75) is 64.1 Å². The number of aryl methyl sites for hydroxylation is 2. The molecule has 10 heteroatoms. The third kappa shape index (κ3) is 4.87. The van der Waals surface area contributed by atoms with Crippen molar-refractivity contribution in [3.05, 3.63) is 86.9 Å². The Kier molecular flexibility index (Phi) is 6.90. The van der Waals surface area contributed by atoms with Gasteiger partial charge in [0.25, 0.3) is 5.56 Å². The molecule has 0 radical (unpaired) electrons. The van der Waals surface area contributed by atoms with E-state index in [0.29, 0.717) is 22.7 Å². The van der Waals surface area contributed by atoms with E-state index in [1.165, 1.54) is 16.8 Å². The second-order valence-electron chi connectivity index (χ2n) is 9.81. The van der Waals surface area contributed by atoms with Gasteiger partial charge in [0.1, 0.15) is 5.52 Å². The lowest BCUT2D eigenvalue weighted by Gasteiger charge is -2.30. The average Bonchev–Trinajstić information content (AvgIpc) is 2.90. The van der Waals surface area contributed by atoms with Gasteiger partial charge in [-0.05, 0) is 81.2 Å². The lowest BCUT2D eigenvalue weighted by Crippen LogP contribution is -2.29. The fraction of sp³-hybridized carbons (Fsp3) is 0.393. The molecule has 0 amide bonds. The van der Waals surface area contributed by atoms with Crippen molar-refractivity contribution in [3.63, 3.8) is 0 Å². The van der Waals surface area contributed by atoms with Gasteiger partial charge in [0.15, 0.2) is 5.65 Å². The Labute approximate surface area is 217 Å². The first-order valence-corrected chi connectivity index (χ1v) is 12.5. The number of methoxy groups -OCH3 is 1. The van der Waals surface area contributed by atoms with E-state index < -0.39 is 11.7 Å². The summed E-state index contributed by atoms with van der Waals surface area (Å²) in [6, 6.07) is 5.95. The van der Waals surface area contributed by atoms with Gasteiger partial charge < -0.3 is 4.74 Å². The molecule has 0 saturated heterocycles. The molecular weight excluding hydrogens is 495 g/mol. The molecule has 4 aromatic rings. The summed E-state index contributed by atoms with van der Waals surface area (Å²) in [6.07, 6.45) is 3.21. The Morgan fingerprint density at radius 3 is 2.47 bits per heavy atom. The summed E-state index contributed by atoms with van der Waals surface area (Å²) in [5.41, 5.74) is 2.61.